The van der Waals surface area contributed by atoms with Crippen LogP contribution in [-0.4, -0.2) is 37.1 Å². The molecule has 0 aliphatic carbocycles. The summed E-state index contributed by atoms with van der Waals surface area (Å²) in [4.78, 5) is 26.1. The Kier molecular flexibility index (Phi) is 9.16. The normalized spacial score (nSPS) is 12.8. The molecule has 0 heterocycles. The number of ketones is 2. The Bertz CT molecular complexity index is 586. The quantitative estimate of drug-likeness (QED) is 0.399. The molecule has 3 nitrogen and oxygen atoms in total. The zero-order chi connectivity index (χ0) is 16.2. The summed E-state index contributed by atoms with van der Waals surface area (Å²) < 4.78 is 0. The van der Waals surface area contributed by atoms with E-state index in [0.717, 1.165) is 0 Å². The summed E-state index contributed by atoms with van der Waals surface area (Å²) in [6.07, 6.45) is 1.57. The summed E-state index contributed by atoms with van der Waals surface area (Å²) in [6.45, 7) is 3.79. The molecule has 0 fully saturated rings. The highest BCUT2D eigenvalue weighted by molar-refractivity contribution is 8.93. The monoisotopic (exact) mass is 407 g/mol. The van der Waals surface area contributed by atoms with Crippen molar-refractivity contribution in [3.05, 3.63) is 39.4 Å². The van der Waals surface area contributed by atoms with Crippen LogP contribution in [0.25, 0.3) is 6.08 Å². The smallest absolute Gasteiger partial charge is 0.170 e. The van der Waals surface area contributed by atoms with Gasteiger partial charge in [0.1, 0.15) is 0 Å². The minimum Gasteiger partial charge on any atom is -0.309 e. The molecule has 1 aromatic carbocycles. The van der Waals surface area contributed by atoms with E-state index in [2.05, 4.69) is 0 Å². The number of carbonyl (C=O) groups excluding carboxylic acids is 2. The van der Waals surface area contributed by atoms with Crippen molar-refractivity contribution < 1.29 is 9.59 Å². The lowest BCUT2D eigenvalue weighted by molar-refractivity contribution is -0.122. The highest BCUT2D eigenvalue weighted by Crippen LogP contribution is 2.24. The molecule has 0 bridgehead atoms. The van der Waals surface area contributed by atoms with E-state index in [1.165, 1.54) is 6.92 Å². The van der Waals surface area contributed by atoms with Crippen molar-refractivity contribution in [2.75, 3.05) is 20.6 Å². The van der Waals surface area contributed by atoms with Gasteiger partial charge in [-0.05, 0) is 44.8 Å². The molecule has 1 unspecified atom stereocenters. The molecule has 0 N–H and O–H groups in total. The van der Waals surface area contributed by atoms with E-state index in [4.69, 9.17) is 23.2 Å². The van der Waals surface area contributed by atoms with Gasteiger partial charge in [-0.2, -0.15) is 0 Å². The predicted molar refractivity (Wildman–Crippen MR) is 98.2 cm³/mol. The molecule has 0 aliphatic heterocycles. The van der Waals surface area contributed by atoms with E-state index in [1.807, 2.05) is 25.9 Å². The molecule has 1 rings (SSSR count). The van der Waals surface area contributed by atoms with Crippen molar-refractivity contribution >= 4 is 57.8 Å². The molecular weight excluding hydrogens is 389 g/mol. The second-order valence-electron chi connectivity index (χ2n) is 5.32. The maximum atomic E-state index is 12.4. The van der Waals surface area contributed by atoms with Crippen LogP contribution in [0.4, 0.5) is 0 Å². The fraction of sp³-hybridized carbons (Fsp3) is 0.375. The molecule has 0 saturated heterocycles. The van der Waals surface area contributed by atoms with Crippen molar-refractivity contribution in [2.45, 2.75) is 13.8 Å². The summed E-state index contributed by atoms with van der Waals surface area (Å²) in [7, 11) is 3.78. The average molecular weight is 409 g/mol. The Morgan fingerprint density at radius 3 is 2.27 bits per heavy atom. The lowest BCUT2D eigenvalue weighted by Crippen LogP contribution is -2.28. The first-order chi connectivity index (χ1) is 9.72. The second-order valence-corrected chi connectivity index (χ2v) is 6.13. The molecule has 0 amide bonds. The van der Waals surface area contributed by atoms with Crippen molar-refractivity contribution in [1.29, 1.82) is 0 Å². The SMILES string of the molecule is Br.CC(=O)/C(=C\c1ccc(Cl)c(Cl)c1)C(=O)C(C)CN(C)C. The van der Waals surface area contributed by atoms with Gasteiger partial charge in [0.25, 0.3) is 0 Å². The van der Waals surface area contributed by atoms with Crippen molar-refractivity contribution in [2.24, 2.45) is 5.92 Å². The van der Waals surface area contributed by atoms with Gasteiger partial charge in [0.05, 0.1) is 15.6 Å². The summed E-state index contributed by atoms with van der Waals surface area (Å²) in [5.41, 5.74) is 0.864. The highest BCUT2D eigenvalue weighted by atomic mass is 79.9. The molecule has 0 radical (unpaired) electrons. The van der Waals surface area contributed by atoms with Gasteiger partial charge < -0.3 is 4.90 Å². The predicted octanol–water partition coefficient (Wildman–Crippen LogP) is 4.31. The molecule has 6 heteroatoms. The van der Waals surface area contributed by atoms with Gasteiger partial charge in [-0.25, -0.2) is 0 Å². The van der Waals surface area contributed by atoms with Crippen LogP contribution in [0.15, 0.2) is 23.8 Å². The molecule has 1 atom stereocenters. The first kappa shape index (κ1) is 21.3. The molecule has 0 saturated carbocycles. The van der Waals surface area contributed by atoms with Crippen molar-refractivity contribution in [1.82, 2.24) is 4.90 Å². The number of hydrogen-bond donors (Lipinski definition) is 0. The Balaban J connectivity index is 0.00000441. The van der Waals surface area contributed by atoms with Crippen LogP contribution < -0.4 is 0 Å². The summed E-state index contributed by atoms with van der Waals surface area (Å²) in [5.74, 6) is -0.670. The van der Waals surface area contributed by atoms with Crippen LogP contribution in [-0.2, 0) is 9.59 Å². The third-order valence-corrected chi connectivity index (χ3v) is 3.73. The molecule has 1 aromatic rings. The summed E-state index contributed by atoms with van der Waals surface area (Å²) in [5, 5.41) is 0.826. The molecule has 0 aliphatic rings. The average Bonchev–Trinajstić information content (AvgIpc) is 2.38. The molecule has 0 aromatic heterocycles. The summed E-state index contributed by atoms with van der Waals surface area (Å²) in [6, 6.07) is 5.00. The van der Waals surface area contributed by atoms with E-state index >= 15 is 0 Å². The van der Waals surface area contributed by atoms with Gasteiger partial charge >= 0.3 is 0 Å². The number of rotatable bonds is 6. The van der Waals surface area contributed by atoms with Crippen LogP contribution in [0.1, 0.15) is 19.4 Å². The first-order valence-electron chi connectivity index (χ1n) is 6.59. The number of Topliss-reactive ketones (excluding diaryl/α,β-unsaturated/α-hetero) is 2. The van der Waals surface area contributed by atoms with E-state index in [-0.39, 0.29) is 40.0 Å². The minimum atomic E-state index is -0.253. The number of hydrogen-bond acceptors (Lipinski definition) is 3. The second kappa shape index (κ2) is 9.46. The topological polar surface area (TPSA) is 37.4 Å². The van der Waals surface area contributed by atoms with Gasteiger partial charge in [0, 0.05) is 12.5 Å². The highest BCUT2D eigenvalue weighted by Gasteiger charge is 2.21. The van der Waals surface area contributed by atoms with E-state index < -0.39 is 0 Å². The molecular formula is C16H20BrCl2NO2. The van der Waals surface area contributed by atoms with Crippen LogP contribution in [0.3, 0.4) is 0 Å². The largest absolute Gasteiger partial charge is 0.309 e. The number of nitrogens with zero attached hydrogens (tertiary/aromatic N) is 1. The number of allylic oxidation sites excluding steroid dienone is 1. The first-order valence-corrected chi connectivity index (χ1v) is 7.34. The van der Waals surface area contributed by atoms with Crippen molar-refractivity contribution in [3.63, 3.8) is 0 Å². The van der Waals surface area contributed by atoms with E-state index in [9.17, 15) is 9.59 Å². The third kappa shape index (κ3) is 6.21. The Morgan fingerprint density at radius 1 is 1.23 bits per heavy atom. The molecule has 0 spiro atoms. The number of benzene rings is 1. The zero-order valence-electron chi connectivity index (χ0n) is 13.0. The lowest BCUT2D eigenvalue weighted by Gasteiger charge is -2.16. The minimum absolute atomic E-state index is 0. The van der Waals surface area contributed by atoms with Crippen LogP contribution >= 0.6 is 40.2 Å². The van der Waals surface area contributed by atoms with E-state index in [1.54, 1.807) is 24.3 Å². The van der Waals surface area contributed by atoms with Crippen LogP contribution in [0.5, 0.6) is 0 Å². The number of carbonyl (C=O) groups is 2. The van der Waals surface area contributed by atoms with Gasteiger partial charge in [0.15, 0.2) is 11.6 Å². The summed E-state index contributed by atoms with van der Waals surface area (Å²) >= 11 is 11.8. The number of halogens is 3. The Morgan fingerprint density at radius 2 is 1.82 bits per heavy atom. The van der Waals surface area contributed by atoms with Gasteiger partial charge in [-0.3, -0.25) is 9.59 Å². The standard InChI is InChI=1S/C16H19Cl2NO2.BrH/c1-10(9-19(3)4)16(21)13(11(2)20)7-12-5-6-14(17)15(18)8-12;/h5-8,10H,9H2,1-4H3;1H/b13-7+;. The van der Waals surface area contributed by atoms with Crippen LogP contribution in [0.2, 0.25) is 10.0 Å². The Hall–Kier alpha value is -0.680. The fourth-order valence-electron chi connectivity index (χ4n) is 2.01. The zero-order valence-corrected chi connectivity index (χ0v) is 16.2. The third-order valence-electron chi connectivity index (χ3n) is 2.99. The van der Waals surface area contributed by atoms with Gasteiger partial charge in [-0.15, -0.1) is 17.0 Å². The maximum absolute atomic E-state index is 12.4. The Labute approximate surface area is 152 Å². The van der Waals surface area contributed by atoms with Crippen molar-refractivity contribution in [3.8, 4) is 0 Å². The lowest BCUT2D eigenvalue weighted by atomic mass is 9.94. The van der Waals surface area contributed by atoms with Gasteiger partial charge in [-0.1, -0.05) is 36.2 Å². The fourth-order valence-corrected chi connectivity index (χ4v) is 2.32. The van der Waals surface area contributed by atoms with Gasteiger partial charge in [0.2, 0.25) is 0 Å². The van der Waals surface area contributed by atoms with Crippen LogP contribution in [0, 0.1) is 5.92 Å². The molecule has 122 valence electrons. The molecule has 22 heavy (non-hydrogen) atoms. The maximum Gasteiger partial charge on any atom is 0.170 e. The van der Waals surface area contributed by atoms with E-state index in [0.29, 0.717) is 22.2 Å².